The van der Waals surface area contributed by atoms with E-state index >= 15 is 0 Å². The lowest BCUT2D eigenvalue weighted by Crippen LogP contribution is -2.21. The van der Waals surface area contributed by atoms with Crippen molar-refractivity contribution < 1.29 is 4.74 Å². The van der Waals surface area contributed by atoms with E-state index in [-0.39, 0.29) is 5.60 Å². The molecule has 0 N–H and O–H groups in total. The Bertz CT molecular complexity index is 449. The molecule has 0 radical (unpaired) electrons. The molecule has 0 unspecified atom stereocenters. The van der Waals surface area contributed by atoms with E-state index in [9.17, 15) is 0 Å². The number of aliphatic imine (C=N–C) groups is 1. The third kappa shape index (κ3) is 1.44. The number of halogens is 1. The first-order chi connectivity index (χ1) is 7.20. The molecule has 1 spiro atoms. The van der Waals surface area contributed by atoms with Crippen LogP contribution in [0.15, 0.2) is 23.2 Å². The highest BCUT2D eigenvalue weighted by Gasteiger charge is 2.47. The number of para-hydroxylation sites is 1. The van der Waals surface area contributed by atoms with Crippen molar-refractivity contribution in [2.75, 3.05) is 6.54 Å². The summed E-state index contributed by atoms with van der Waals surface area (Å²) in [6.07, 6.45) is 2.18. The Balaban J connectivity index is 2.16. The van der Waals surface area contributed by atoms with Gasteiger partial charge in [-0.25, -0.2) is 0 Å². The summed E-state index contributed by atoms with van der Waals surface area (Å²) in [5.41, 5.74) is 2.02. The largest absolute Gasteiger partial charge is 0.484 e. The molecule has 1 aliphatic carbocycles. The van der Waals surface area contributed by atoms with Gasteiger partial charge in [0, 0.05) is 0 Å². The molecule has 0 bridgehead atoms. The average Bonchev–Trinajstić information content (AvgIpc) is 2.99. The lowest BCUT2D eigenvalue weighted by molar-refractivity contribution is 0.189. The van der Waals surface area contributed by atoms with Gasteiger partial charge in [0.2, 0.25) is 0 Å². The first kappa shape index (κ1) is 9.22. The van der Waals surface area contributed by atoms with E-state index in [2.05, 4.69) is 4.99 Å². The minimum Gasteiger partial charge on any atom is -0.484 e. The summed E-state index contributed by atoms with van der Waals surface area (Å²) in [7, 11) is 0. The van der Waals surface area contributed by atoms with Crippen molar-refractivity contribution in [3.05, 3.63) is 29.3 Å². The monoisotopic (exact) mass is 221 g/mol. The molecule has 15 heavy (non-hydrogen) atoms. The number of fused-ring (bicyclic) bond motifs is 1. The van der Waals surface area contributed by atoms with Crippen molar-refractivity contribution in [2.45, 2.75) is 25.4 Å². The maximum absolute atomic E-state index is 6.15. The van der Waals surface area contributed by atoms with Gasteiger partial charge in [-0.1, -0.05) is 23.7 Å². The molecule has 1 aromatic rings. The molecule has 2 aliphatic rings. The number of rotatable bonds is 0. The van der Waals surface area contributed by atoms with Crippen LogP contribution in [0.25, 0.3) is 0 Å². The average molecular weight is 222 g/mol. The van der Waals surface area contributed by atoms with Gasteiger partial charge in [-0.05, 0) is 31.4 Å². The maximum atomic E-state index is 6.15. The summed E-state index contributed by atoms with van der Waals surface area (Å²) in [6.45, 7) is 2.74. The van der Waals surface area contributed by atoms with E-state index in [1.807, 2.05) is 25.1 Å². The van der Waals surface area contributed by atoms with Gasteiger partial charge < -0.3 is 4.74 Å². The van der Waals surface area contributed by atoms with E-state index in [1.165, 1.54) is 0 Å². The zero-order valence-corrected chi connectivity index (χ0v) is 9.34. The Morgan fingerprint density at radius 1 is 1.40 bits per heavy atom. The van der Waals surface area contributed by atoms with Crippen LogP contribution in [0, 0.1) is 6.92 Å². The highest BCUT2D eigenvalue weighted by atomic mass is 35.5. The molecule has 3 heteroatoms. The highest BCUT2D eigenvalue weighted by Crippen LogP contribution is 2.44. The molecule has 0 atom stereocenters. The fourth-order valence-corrected chi connectivity index (χ4v) is 2.11. The minimum atomic E-state index is -0.0441. The van der Waals surface area contributed by atoms with E-state index in [0.29, 0.717) is 11.7 Å². The van der Waals surface area contributed by atoms with Crippen LogP contribution in [0.3, 0.4) is 0 Å². The first-order valence-electron chi connectivity index (χ1n) is 5.19. The molecule has 0 amide bonds. The molecule has 3 rings (SSSR count). The van der Waals surface area contributed by atoms with Crippen molar-refractivity contribution in [3.63, 3.8) is 0 Å². The predicted molar refractivity (Wildman–Crippen MR) is 61.0 cm³/mol. The van der Waals surface area contributed by atoms with Crippen LogP contribution in [-0.2, 0) is 0 Å². The quantitative estimate of drug-likeness (QED) is 0.660. The van der Waals surface area contributed by atoms with E-state index in [1.54, 1.807) is 0 Å². The molecule has 0 aromatic heterocycles. The molecular weight excluding hydrogens is 210 g/mol. The predicted octanol–water partition coefficient (Wildman–Crippen LogP) is 2.91. The van der Waals surface area contributed by atoms with Gasteiger partial charge in [-0.3, -0.25) is 4.99 Å². The fourth-order valence-electron chi connectivity index (χ4n) is 1.90. The molecule has 1 aromatic carbocycles. The lowest BCUT2D eigenvalue weighted by atomic mass is 10.1. The zero-order chi connectivity index (χ0) is 10.5. The summed E-state index contributed by atoms with van der Waals surface area (Å²) in [6, 6.07) is 6.00. The molecule has 1 aliphatic heterocycles. The van der Waals surface area contributed by atoms with Crippen molar-refractivity contribution in [1.29, 1.82) is 0 Å². The third-order valence-corrected chi connectivity index (χ3v) is 3.39. The zero-order valence-electron chi connectivity index (χ0n) is 8.59. The Hall–Kier alpha value is -1.02. The summed E-state index contributed by atoms with van der Waals surface area (Å²) < 4.78 is 6.06. The maximum Gasteiger partial charge on any atom is 0.134 e. The number of hydrogen-bond acceptors (Lipinski definition) is 2. The van der Waals surface area contributed by atoms with Crippen LogP contribution < -0.4 is 4.74 Å². The number of benzene rings is 1. The van der Waals surface area contributed by atoms with Gasteiger partial charge in [-0.2, -0.15) is 0 Å². The molecule has 1 saturated carbocycles. The van der Waals surface area contributed by atoms with Gasteiger partial charge >= 0.3 is 0 Å². The van der Waals surface area contributed by atoms with Crippen molar-refractivity contribution in [1.82, 2.24) is 0 Å². The first-order valence-corrected chi connectivity index (χ1v) is 5.57. The smallest absolute Gasteiger partial charge is 0.134 e. The second-order valence-corrected chi connectivity index (χ2v) is 4.70. The van der Waals surface area contributed by atoms with Gasteiger partial charge in [0.25, 0.3) is 0 Å². The Kier molecular flexibility index (Phi) is 1.84. The second-order valence-electron chi connectivity index (χ2n) is 4.34. The fraction of sp³-hybridized carbons (Fsp3) is 0.417. The SMILES string of the molecule is Cc1cccc2c1OC1(CC1)CN=C2Cl. The second kappa shape index (κ2) is 2.99. The Morgan fingerprint density at radius 2 is 2.20 bits per heavy atom. The normalized spacial score (nSPS) is 21.3. The number of nitrogens with zero attached hydrogens (tertiary/aromatic N) is 1. The number of aryl methyl sites for hydroxylation is 1. The highest BCUT2D eigenvalue weighted by molar-refractivity contribution is 6.70. The van der Waals surface area contributed by atoms with Gasteiger partial charge in [0.15, 0.2) is 0 Å². The summed E-state index contributed by atoms with van der Waals surface area (Å²) in [5.74, 6) is 0.918. The summed E-state index contributed by atoms with van der Waals surface area (Å²) in [4.78, 5) is 4.38. The van der Waals surface area contributed by atoms with Crippen LogP contribution in [0.5, 0.6) is 5.75 Å². The minimum absolute atomic E-state index is 0.0441. The topological polar surface area (TPSA) is 21.6 Å². The molecule has 1 heterocycles. The summed E-state index contributed by atoms with van der Waals surface area (Å²) >= 11 is 6.15. The Morgan fingerprint density at radius 3 is 2.93 bits per heavy atom. The molecule has 1 fully saturated rings. The number of hydrogen-bond donors (Lipinski definition) is 0. The lowest BCUT2D eigenvalue weighted by Gasteiger charge is -2.16. The van der Waals surface area contributed by atoms with E-state index in [4.69, 9.17) is 16.3 Å². The van der Waals surface area contributed by atoms with Crippen molar-refractivity contribution in [2.24, 2.45) is 4.99 Å². The van der Waals surface area contributed by atoms with Gasteiger partial charge in [0.05, 0.1) is 12.1 Å². The van der Waals surface area contributed by atoms with Crippen LogP contribution in [0.1, 0.15) is 24.0 Å². The number of ether oxygens (including phenoxy) is 1. The molecule has 2 nitrogen and oxygen atoms in total. The van der Waals surface area contributed by atoms with E-state index in [0.717, 1.165) is 29.7 Å². The van der Waals surface area contributed by atoms with E-state index < -0.39 is 0 Å². The standard InChI is InChI=1S/C12H12ClNO/c1-8-3-2-4-9-10(8)15-12(5-6-12)7-14-11(9)13/h2-4H,5-7H2,1H3. The molecule has 0 saturated heterocycles. The van der Waals surface area contributed by atoms with Crippen LogP contribution in [0.4, 0.5) is 0 Å². The third-order valence-electron chi connectivity index (χ3n) is 3.07. The van der Waals surface area contributed by atoms with Crippen LogP contribution in [0.2, 0.25) is 0 Å². The van der Waals surface area contributed by atoms with Crippen molar-refractivity contribution >= 4 is 16.8 Å². The summed E-state index contributed by atoms with van der Waals surface area (Å²) in [5, 5.41) is 0.581. The van der Waals surface area contributed by atoms with Gasteiger partial charge in [-0.15, -0.1) is 0 Å². The molecular formula is C12H12ClNO. The van der Waals surface area contributed by atoms with Gasteiger partial charge in [0.1, 0.15) is 16.5 Å². The van der Waals surface area contributed by atoms with Crippen molar-refractivity contribution in [3.8, 4) is 5.75 Å². The molecule has 78 valence electrons. The van der Waals surface area contributed by atoms with Crippen LogP contribution >= 0.6 is 11.6 Å². The van der Waals surface area contributed by atoms with Crippen LogP contribution in [-0.4, -0.2) is 17.3 Å². The Labute approximate surface area is 93.9 Å².